The van der Waals surface area contributed by atoms with Crippen LogP contribution in [0, 0.1) is 20.8 Å². The van der Waals surface area contributed by atoms with Gasteiger partial charge in [0.15, 0.2) is 11.0 Å². The minimum Gasteiger partial charge on any atom is -0.465 e. The van der Waals surface area contributed by atoms with Crippen LogP contribution in [-0.4, -0.2) is 27.8 Å². The molecule has 0 radical (unpaired) electrons. The molecule has 4 aromatic rings. The van der Waals surface area contributed by atoms with Crippen LogP contribution in [0.4, 0.5) is 0 Å². The number of rotatable bonds is 6. The predicted octanol–water partition coefficient (Wildman–Crippen LogP) is 6.29. The number of thioether (sulfide) groups is 1. The van der Waals surface area contributed by atoms with Gasteiger partial charge in [0.2, 0.25) is 0 Å². The molecule has 0 aliphatic heterocycles. The van der Waals surface area contributed by atoms with Crippen molar-refractivity contribution < 1.29 is 13.9 Å². The van der Waals surface area contributed by atoms with Gasteiger partial charge in [-0.2, -0.15) is 0 Å². The molecule has 2 aromatic heterocycles. The van der Waals surface area contributed by atoms with Crippen LogP contribution < -0.4 is 0 Å². The fraction of sp³-hybridized carbons (Fsp3) is 0.208. The number of nitrogens with zero attached hydrogens (tertiary/aromatic N) is 3. The monoisotopic (exact) mass is 511 g/mol. The molecule has 0 saturated heterocycles. The summed E-state index contributed by atoms with van der Waals surface area (Å²) < 4.78 is 13.6. The number of methoxy groups -OCH3 is 1. The first-order chi connectivity index (χ1) is 15.4. The van der Waals surface area contributed by atoms with Crippen molar-refractivity contribution in [3.05, 3.63) is 81.2 Å². The quantitative estimate of drug-likeness (QED) is 0.223. The van der Waals surface area contributed by atoms with Crippen molar-refractivity contribution in [3.8, 4) is 17.1 Å². The second-order valence-electron chi connectivity index (χ2n) is 7.46. The third-order valence-electron chi connectivity index (χ3n) is 4.92. The second-order valence-corrected chi connectivity index (χ2v) is 9.32. The summed E-state index contributed by atoms with van der Waals surface area (Å²) in [6.45, 7) is 5.91. The number of benzene rings is 2. The van der Waals surface area contributed by atoms with E-state index in [9.17, 15) is 4.79 Å². The lowest BCUT2D eigenvalue weighted by atomic mass is 10.1. The van der Waals surface area contributed by atoms with Crippen LogP contribution in [-0.2, 0) is 10.5 Å². The predicted molar refractivity (Wildman–Crippen MR) is 128 cm³/mol. The molecule has 0 N–H and O–H groups in total. The number of aromatic nitrogens is 3. The molecule has 0 unspecified atom stereocenters. The van der Waals surface area contributed by atoms with Crippen molar-refractivity contribution in [2.75, 3.05) is 7.11 Å². The van der Waals surface area contributed by atoms with E-state index in [1.807, 2.05) is 24.3 Å². The van der Waals surface area contributed by atoms with Gasteiger partial charge in [0, 0.05) is 10.0 Å². The van der Waals surface area contributed by atoms with E-state index in [1.165, 1.54) is 18.9 Å². The summed E-state index contributed by atoms with van der Waals surface area (Å²) >= 11 is 4.99. The van der Waals surface area contributed by atoms with Gasteiger partial charge >= 0.3 is 5.97 Å². The lowest BCUT2D eigenvalue weighted by molar-refractivity contribution is 0.0599. The summed E-state index contributed by atoms with van der Waals surface area (Å²) in [7, 11) is 1.36. The average Bonchev–Trinajstić information content (AvgIpc) is 3.35. The van der Waals surface area contributed by atoms with Crippen molar-refractivity contribution in [2.24, 2.45) is 0 Å². The van der Waals surface area contributed by atoms with Crippen LogP contribution >= 0.6 is 27.7 Å². The number of carbonyl (C=O) groups excluding carboxylic acids is 1. The lowest BCUT2D eigenvalue weighted by Gasteiger charge is -2.12. The van der Waals surface area contributed by atoms with E-state index in [-0.39, 0.29) is 0 Å². The van der Waals surface area contributed by atoms with Gasteiger partial charge in [0.25, 0.3) is 0 Å². The number of aryl methyl sites for hydroxylation is 3. The summed E-state index contributed by atoms with van der Waals surface area (Å²) in [4.78, 5) is 11.9. The Bertz CT molecular complexity index is 1260. The third-order valence-corrected chi connectivity index (χ3v) is 6.40. The second kappa shape index (κ2) is 9.34. The van der Waals surface area contributed by atoms with Crippen molar-refractivity contribution in [1.82, 2.24) is 14.8 Å². The Labute approximate surface area is 199 Å². The van der Waals surface area contributed by atoms with Crippen LogP contribution in [0.2, 0.25) is 0 Å². The van der Waals surface area contributed by atoms with Crippen LogP contribution in [0.25, 0.3) is 17.1 Å². The number of hydrogen-bond donors (Lipinski definition) is 0. The number of esters is 1. The summed E-state index contributed by atoms with van der Waals surface area (Å²) in [5, 5.41) is 9.72. The smallest absolute Gasteiger partial charge is 0.341 e. The molecule has 0 aliphatic rings. The van der Waals surface area contributed by atoms with Gasteiger partial charge in [0.1, 0.15) is 17.1 Å². The molecule has 0 saturated carbocycles. The van der Waals surface area contributed by atoms with E-state index in [1.54, 1.807) is 13.0 Å². The number of hydrogen-bond acceptors (Lipinski definition) is 6. The van der Waals surface area contributed by atoms with Crippen molar-refractivity contribution in [3.63, 3.8) is 0 Å². The highest BCUT2D eigenvalue weighted by molar-refractivity contribution is 9.10. The minimum absolute atomic E-state index is 0.404. The van der Waals surface area contributed by atoms with Crippen molar-refractivity contribution >= 4 is 33.7 Å². The molecule has 0 fully saturated rings. The van der Waals surface area contributed by atoms with E-state index in [4.69, 9.17) is 9.15 Å². The molecule has 2 aromatic carbocycles. The highest BCUT2D eigenvalue weighted by Crippen LogP contribution is 2.32. The summed E-state index contributed by atoms with van der Waals surface area (Å²) in [5.74, 6) is 2.07. The zero-order valence-electron chi connectivity index (χ0n) is 18.2. The van der Waals surface area contributed by atoms with Crippen LogP contribution in [0.15, 0.2) is 62.6 Å². The van der Waals surface area contributed by atoms with E-state index < -0.39 is 5.97 Å². The molecule has 2 heterocycles. The number of carbonyl (C=O) groups is 1. The van der Waals surface area contributed by atoms with E-state index >= 15 is 0 Å². The zero-order chi connectivity index (χ0) is 22.8. The molecule has 6 nitrogen and oxygen atoms in total. The molecule has 8 heteroatoms. The average molecular weight is 512 g/mol. The number of ether oxygens (including phenoxy) is 1. The first-order valence-electron chi connectivity index (χ1n) is 9.96. The molecule has 0 atom stereocenters. The minimum atomic E-state index is -0.404. The Morgan fingerprint density at radius 3 is 2.41 bits per heavy atom. The first-order valence-corrected chi connectivity index (χ1v) is 11.7. The highest BCUT2D eigenvalue weighted by Gasteiger charge is 2.19. The van der Waals surface area contributed by atoms with Crippen molar-refractivity contribution in [2.45, 2.75) is 31.7 Å². The maximum absolute atomic E-state index is 11.9. The molecule has 164 valence electrons. The van der Waals surface area contributed by atoms with Gasteiger partial charge in [-0.25, -0.2) is 4.79 Å². The fourth-order valence-corrected chi connectivity index (χ4v) is 4.62. The Hall–Kier alpha value is -2.84. The van der Waals surface area contributed by atoms with E-state index in [0.29, 0.717) is 22.8 Å². The van der Waals surface area contributed by atoms with Crippen LogP contribution in [0.1, 0.15) is 33.0 Å². The Kier molecular flexibility index (Phi) is 6.53. The molecule has 0 spiro atoms. The fourth-order valence-electron chi connectivity index (χ4n) is 3.52. The van der Waals surface area contributed by atoms with Crippen molar-refractivity contribution in [1.29, 1.82) is 0 Å². The maximum Gasteiger partial charge on any atom is 0.341 e. The summed E-state index contributed by atoms with van der Waals surface area (Å²) in [6, 6.07) is 16.1. The van der Waals surface area contributed by atoms with Gasteiger partial charge < -0.3 is 9.15 Å². The molecular formula is C24H22BrN3O3S. The van der Waals surface area contributed by atoms with Gasteiger partial charge in [-0.3, -0.25) is 4.57 Å². The molecule has 0 aliphatic carbocycles. The van der Waals surface area contributed by atoms with Gasteiger partial charge in [-0.15, -0.1) is 10.2 Å². The first kappa shape index (κ1) is 22.4. The van der Waals surface area contributed by atoms with Crippen LogP contribution in [0.3, 0.4) is 0 Å². The molecule has 0 amide bonds. The van der Waals surface area contributed by atoms with Crippen LogP contribution in [0.5, 0.6) is 0 Å². The molecule has 32 heavy (non-hydrogen) atoms. The number of furan rings is 1. The Balaban J connectivity index is 1.72. The summed E-state index contributed by atoms with van der Waals surface area (Å²) in [6.07, 6.45) is 0. The third kappa shape index (κ3) is 4.66. The van der Waals surface area contributed by atoms with E-state index in [0.717, 1.165) is 37.8 Å². The molecular weight excluding hydrogens is 490 g/mol. The van der Waals surface area contributed by atoms with Gasteiger partial charge in [-0.1, -0.05) is 45.9 Å². The van der Waals surface area contributed by atoms with E-state index in [2.05, 4.69) is 62.7 Å². The SMILES string of the molecule is COC(=O)c1cc(CSc2nnc(-c3ccc(Br)cc3)n2-c2cc(C)cc(C)c2)oc1C. The lowest BCUT2D eigenvalue weighted by Crippen LogP contribution is -2.01. The topological polar surface area (TPSA) is 70.2 Å². The number of halogens is 1. The summed E-state index contributed by atoms with van der Waals surface area (Å²) in [5.41, 5.74) is 4.73. The Morgan fingerprint density at radius 1 is 1.06 bits per heavy atom. The normalized spacial score (nSPS) is 11.0. The zero-order valence-corrected chi connectivity index (χ0v) is 20.6. The molecule has 0 bridgehead atoms. The standard InChI is InChI=1S/C24H22BrN3O3S/c1-14-9-15(2)11-19(10-14)28-22(17-5-7-18(25)8-6-17)26-27-24(28)32-13-20-12-21(16(3)31-20)23(29)30-4/h5-12H,13H2,1-4H3. The van der Waals surface area contributed by atoms with Gasteiger partial charge in [0.05, 0.1) is 18.6 Å². The largest absolute Gasteiger partial charge is 0.465 e. The maximum atomic E-state index is 11.9. The molecule has 4 rings (SSSR count). The Morgan fingerprint density at radius 2 is 1.75 bits per heavy atom. The van der Waals surface area contributed by atoms with Gasteiger partial charge in [-0.05, 0) is 62.2 Å². The highest BCUT2D eigenvalue weighted by atomic mass is 79.9.